The number of amides is 2. The number of nitrogens with one attached hydrogen (secondary N) is 2. The van der Waals surface area contributed by atoms with Gasteiger partial charge in [0, 0.05) is 11.7 Å². The molecule has 1 aliphatic carbocycles. The van der Waals surface area contributed by atoms with Crippen LogP contribution in [0.4, 0.5) is 5.69 Å². The Morgan fingerprint density at radius 3 is 2.61 bits per heavy atom. The molecular weight excluding hydrogens is 380 g/mol. The minimum absolute atomic E-state index is 0.128. The summed E-state index contributed by atoms with van der Waals surface area (Å²) < 4.78 is 10.7. The Bertz CT molecular complexity index is 867. The average molecular weight is 403 g/mol. The van der Waals surface area contributed by atoms with Gasteiger partial charge in [0.15, 0.2) is 6.61 Å². The van der Waals surface area contributed by atoms with E-state index in [1.807, 2.05) is 6.92 Å². The molecule has 28 heavy (non-hydrogen) atoms. The monoisotopic (exact) mass is 402 g/mol. The normalized spacial score (nSPS) is 14.1. The molecule has 148 valence electrons. The van der Waals surface area contributed by atoms with Crippen molar-refractivity contribution in [3.05, 3.63) is 53.1 Å². The number of para-hydroxylation sites is 1. The Kier molecular flexibility index (Phi) is 6.41. The number of rotatable bonds is 8. The summed E-state index contributed by atoms with van der Waals surface area (Å²) in [5, 5.41) is 6.10. The Balaban J connectivity index is 1.58. The van der Waals surface area contributed by atoms with E-state index in [0.717, 1.165) is 12.8 Å². The summed E-state index contributed by atoms with van der Waals surface area (Å²) in [5.74, 6) is 0.890. The maximum Gasteiger partial charge on any atom is 0.262 e. The van der Waals surface area contributed by atoms with Gasteiger partial charge in [-0.25, -0.2) is 0 Å². The Morgan fingerprint density at radius 2 is 1.93 bits per heavy atom. The Labute approximate surface area is 169 Å². The first kappa shape index (κ1) is 20.0. The third kappa shape index (κ3) is 5.16. The molecule has 0 aromatic heterocycles. The van der Waals surface area contributed by atoms with Gasteiger partial charge in [-0.1, -0.05) is 23.7 Å². The summed E-state index contributed by atoms with van der Waals surface area (Å²) in [7, 11) is 1.52. The molecule has 3 rings (SSSR count). The molecule has 1 fully saturated rings. The number of hydrogen-bond acceptors (Lipinski definition) is 4. The van der Waals surface area contributed by atoms with Gasteiger partial charge in [-0.3, -0.25) is 9.59 Å². The van der Waals surface area contributed by atoms with E-state index in [9.17, 15) is 9.59 Å². The predicted octanol–water partition coefficient (Wildman–Crippen LogP) is 3.89. The molecule has 1 atom stereocenters. The van der Waals surface area contributed by atoms with Crippen LogP contribution in [-0.2, 0) is 4.79 Å². The highest BCUT2D eigenvalue weighted by molar-refractivity contribution is 6.32. The third-order valence-corrected chi connectivity index (χ3v) is 4.91. The number of benzene rings is 2. The maximum absolute atomic E-state index is 12.5. The van der Waals surface area contributed by atoms with Gasteiger partial charge in [0.05, 0.1) is 17.7 Å². The number of carbonyl (C=O) groups is 2. The van der Waals surface area contributed by atoms with E-state index in [-0.39, 0.29) is 24.5 Å². The second-order valence-electron chi connectivity index (χ2n) is 6.78. The van der Waals surface area contributed by atoms with E-state index < -0.39 is 0 Å². The minimum Gasteiger partial charge on any atom is -0.495 e. The van der Waals surface area contributed by atoms with Crippen molar-refractivity contribution >= 4 is 29.1 Å². The van der Waals surface area contributed by atoms with Crippen molar-refractivity contribution in [2.24, 2.45) is 5.92 Å². The zero-order chi connectivity index (χ0) is 20.1. The van der Waals surface area contributed by atoms with E-state index in [2.05, 4.69) is 10.6 Å². The molecule has 7 heteroatoms. The van der Waals surface area contributed by atoms with Gasteiger partial charge in [-0.2, -0.15) is 0 Å². The molecule has 0 aliphatic heterocycles. The topological polar surface area (TPSA) is 76.7 Å². The number of halogens is 1. The van der Waals surface area contributed by atoms with Crippen LogP contribution in [0.3, 0.4) is 0 Å². The van der Waals surface area contributed by atoms with Crippen molar-refractivity contribution in [1.82, 2.24) is 5.32 Å². The molecule has 1 saturated carbocycles. The minimum atomic E-state index is -0.359. The van der Waals surface area contributed by atoms with E-state index in [1.54, 1.807) is 42.5 Å². The van der Waals surface area contributed by atoms with E-state index >= 15 is 0 Å². The molecule has 2 aromatic rings. The molecule has 0 heterocycles. The van der Waals surface area contributed by atoms with Crippen molar-refractivity contribution in [3.63, 3.8) is 0 Å². The standard InChI is InChI=1S/C21H23ClN2O4/c1-13(14-7-8-14)23-21(26)16-5-3-4-6-18(16)28-12-20(25)24-15-9-10-19(27-2)17(22)11-15/h3-6,9-11,13-14H,7-8,12H2,1-2H3,(H,23,26)(H,24,25). The first-order valence-corrected chi connectivity index (χ1v) is 9.52. The number of hydrogen-bond donors (Lipinski definition) is 2. The lowest BCUT2D eigenvalue weighted by molar-refractivity contribution is -0.118. The van der Waals surface area contributed by atoms with Crippen LogP contribution in [0.2, 0.25) is 5.02 Å². The largest absolute Gasteiger partial charge is 0.495 e. The number of carbonyl (C=O) groups excluding carboxylic acids is 2. The molecule has 0 bridgehead atoms. The van der Waals surface area contributed by atoms with Crippen LogP contribution >= 0.6 is 11.6 Å². The van der Waals surface area contributed by atoms with E-state index in [4.69, 9.17) is 21.1 Å². The molecule has 0 spiro atoms. The first-order valence-electron chi connectivity index (χ1n) is 9.14. The fourth-order valence-electron chi connectivity index (χ4n) is 2.86. The van der Waals surface area contributed by atoms with Crippen LogP contribution in [0, 0.1) is 5.92 Å². The second-order valence-corrected chi connectivity index (χ2v) is 7.19. The van der Waals surface area contributed by atoms with Crippen LogP contribution in [0.15, 0.2) is 42.5 Å². The van der Waals surface area contributed by atoms with Crippen LogP contribution in [-0.4, -0.2) is 31.6 Å². The van der Waals surface area contributed by atoms with Crippen LogP contribution in [0.25, 0.3) is 0 Å². The SMILES string of the molecule is COc1ccc(NC(=O)COc2ccccc2C(=O)NC(C)C2CC2)cc1Cl. The van der Waals surface area contributed by atoms with Gasteiger partial charge < -0.3 is 20.1 Å². The molecule has 0 saturated heterocycles. The Morgan fingerprint density at radius 1 is 1.18 bits per heavy atom. The molecule has 2 N–H and O–H groups in total. The van der Waals surface area contributed by atoms with Crippen LogP contribution in [0.1, 0.15) is 30.1 Å². The summed E-state index contributed by atoms with van der Waals surface area (Å²) >= 11 is 6.06. The fourth-order valence-corrected chi connectivity index (χ4v) is 3.12. The van der Waals surface area contributed by atoms with Crippen molar-refractivity contribution in [1.29, 1.82) is 0 Å². The van der Waals surface area contributed by atoms with Crippen LogP contribution < -0.4 is 20.1 Å². The van der Waals surface area contributed by atoms with Crippen molar-refractivity contribution in [2.75, 3.05) is 19.0 Å². The fraction of sp³-hybridized carbons (Fsp3) is 0.333. The summed E-state index contributed by atoms with van der Waals surface area (Å²) in [6, 6.07) is 12.0. The molecule has 1 aliphatic rings. The predicted molar refractivity (Wildman–Crippen MR) is 108 cm³/mol. The third-order valence-electron chi connectivity index (χ3n) is 4.61. The van der Waals surface area contributed by atoms with Gasteiger partial charge in [0.1, 0.15) is 11.5 Å². The van der Waals surface area contributed by atoms with Gasteiger partial charge in [-0.15, -0.1) is 0 Å². The zero-order valence-corrected chi connectivity index (χ0v) is 16.6. The lowest BCUT2D eigenvalue weighted by Gasteiger charge is -2.15. The average Bonchev–Trinajstić information content (AvgIpc) is 3.52. The summed E-state index contributed by atoms with van der Waals surface area (Å²) in [6.45, 7) is 1.78. The van der Waals surface area contributed by atoms with Gasteiger partial charge in [0.2, 0.25) is 0 Å². The van der Waals surface area contributed by atoms with E-state index in [0.29, 0.717) is 33.7 Å². The Hall–Kier alpha value is -2.73. The molecule has 6 nitrogen and oxygen atoms in total. The lowest BCUT2D eigenvalue weighted by Crippen LogP contribution is -2.34. The zero-order valence-electron chi connectivity index (χ0n) is 15.8. The summed E-state index contributed by atoms with van der Waals surface area (Å²) in [6.07, 6.45) is 2.30. The summed E-state index contributed by atoms with van der Waals surface area (Å²) in [5.41, 5.74) is 0.943. The second kappa shape index (κ2) is 8.97. The first-order chi connectivity index (χ1) is 13.5. The quantitative estimate of drug-likeness (QED) is 0.702. The molecule has 2 amide bonds. The van der Waals surface area contributed by atoms with Crippen LogP contribution in [0.5, 0.6) is 11.5 Å². The maximum atomic E-state index is 12.5. The van der Waals surface area contributed by atoms with Gasteiger partial charge >= 0.3 is 0 Å². The lowest BCUT2D eigenvalue weighted by atomic mass is 10.1. The highest BCUT2D eigenvalue weighted by atomic mass is 35.5. The van der Waals surface area contributed by atoms with E-state index in [1.165, 1.54) is 7.11 Å². The summed E-state index contributed by atoms with van der Waals surface area (Å²) in [4.78, 5) is 24.7. The molecule has 1 unspecified atom stereocenters. The van der Waals surface area contributed by atoms with Crippen molar-refractivity contribution in [3.8, 4) is 11.5 Å². The smallest absolute Gasteiger partial charge is 0.262 e. The molecular formula is C21H23ClN2O4. The van der Waals surface area contributed by atoms with Gasteiger partial charge in [-0.05, 0) is 56.0 Å². The highest BCUT2D eigenvalue weighted by Crippen LogP contribution is 2.32. The molecule has 0 radical (unpaired) electrons. The van der Waals surface area contributed by atoms with Crippen molar-refractivity contribution < 1.29 is 19.1 Å². The molecule has 2 aromatic carbocycles. The van der Waals surface area contributed by atoms with Crippen molar-refractivity contribution in [2.45, 2.75) is 25.8 Å². The van der Waals surface area contributed by atoms with Gasteiger partial charge in [0.25, 0.3) is 11.8 Å². The number of ether oxygens (including phenoxy) is 2. The highest BCUT2D eigenvalue weighted by Gasteiger charge is 2.29. The number of methoxy groups -OCH3 is 1. The number of anilines is 1.